The third kappa shape index (κ3) is 2.09. The minimum atomic E-state index is -3.42. The molecule has 0 spiro atoms. The predicted molar refractivity (Wildman–Crippen MR) is 71.2 cm³/mol. The van der Waals surface area contributed by atoms with Gasteiger partial charge in [-0.05, 0) is 38.8 Å². The molecule has 2 saturated heterocycles. The number of nitrogens with one attached hydrogen (secondary N) is 1. The summed E-state index contributed by atoms with van der Waals surface area (Å²) in [6, 6.07) is 0. The number of rotatable bonds is 3. The molecule has 0 bridgehead atoms. The van der Waals surface area contributed by atoms with Gasteiger partial charge in [-0.15, -0.1) is 0 Å². The van der Waals surface area contributed by atoms with Crippen LogP contribution >= 0.6 is 0 Å². The summed E-state index contributed by atoms with van der Waals surface area (Å²) in [4.78, 5) is 4.21. The largest absolute Gasteiger partial charge is 0.334 e. The lowest BCUT2D eigenvalue weighted by atomic mass is 10.0. The molecule has 6 nitrogen and oxygen atoms in total. The van der Waals surface area contributed by atoms with E-state index in [1.54, 1.807) is 10.5 Å². The molecule has 2 atom stereocenters. The van der Waals surface area contributed by atoms with Crippen molar-refractivity contribution < 1.29 is 8.42 Å². The fourth-order valence-electron chi connectivity index (χ4n) is 3.06. The van der Waals surface area contributed by atoms with Crippen molar-refractivity contribution in [1.82, 2.24) is 19.2 Å². The van der Waals surface area contributed by atoms with E-state index in [2.05, 4.69) is 10.3 Å². The van der Waals surface area contributed by atoms with Crippen LogP contribution < -0.4 is 5.32 Å². The van der Waals surface area contributed by atoms with Gasteiger partial charge in [-0.1, -0.05) is 0 Å². The van der Waals surface area contributed by atoms with E-state index in [4.69, 9.17) is 0 Å². The molecule has 0 radical (unpaired) electrons. The van der Waals surface area contributed by atoms with E-state index in [0.29, 0.717) is 24.9 Å². The van der Waals surface area contributed by atoms with Crippen LogP contribution in [0, 0.1) is 18.8 Å². The Hall–Kier alpha value is -0.920. The minimum absolute atomic E-state index is 0.194. The fourth-order valence-corrected chi connectivity index (χ4v) is 4.61. The van der Waals surface area contributed by atoms with Crippen molar-refractivity contribution in [3.8, 4) is 0 Å². The molecule has 3 rings (SSSR count). The van der Waals surface area contributed by atoms with Crippen molar-refractivity contribution in [2.75, 3.05) is 26.2 Å². The van der Waals surface area contributed by atoms with Crippen molar-refractivity contribution in [1.29, 1.82) is 0 Å². The average Bonchev–Trinajstić information content (AvgIpc) is 3.00. The summed E-state index contributed by atoms with van der Waals surface area (Å²) in [5, 5.41) is 3.51. The maximum Gasteiger partial charge on any atom is 0.262 e. The molecule has 0 aliphatic carbocycles. The van der Waals surface area contributed by atoms with Crippen LogP contribution in [0.5, 0.6) is 0 Å². The van der Waals surface area contributed by atoms with E-state index in [1.807, 2.05) is 18.4 Å². The zero-order valence-electron chi connectivity index (χ0n) is 11.3. The lowest BCUT2D eigenvalue weighted by Crippen LogP contribution is -2.32. The highest BCUT2D eigenvalue weighted by molar-refractivity contribution is 7.89. The van der Waals surface area contributed by atoms with E-state index >= 15 is 0 Å². The second-order valence-corrected chi connectivity index (χ2v) is 7.30. The highest BCUT2D eigenvalue weighted by atomic mass is 32.2. The summed E-state index contributed by atoms with van der Waals surface area (Å²) in [7, 11) is -3.42. The Morgan fingerprint density at radius 2 is 2.00 bits per heavy atom. The average molecular weight is 284 g/mol. The number of nitrogens with zero attached hydrogens (tertiary/aromatic N) is 3. The van der Waals surface area contributed by atoms with Crippen LogP contribution in [0.25, 0.3) is 0 Å². The Balaban J connectivity index is 1.86. The molecule has 0 unspecified atom stereocenters. The second-order valence-electron chi connectivity index (χ2n) is 5.41. The Labute approximate surface area is 113 Å². The number of fused-ring (bicyclic) bond motifs is 1. The maximum atomic E-state index is 12.6. The van der Waals surface area contributed by atoms with Gasteiger partial charge in [0.25, 0.3) is 10.0 Å². The van der Waals surface area contributed by atoms with Crippen molar-refractivity contribution in [2.45, 2.75) is 25.4 Å². The van der Waals surface area contributed by atoms with Gasteiger partial charge >= 0.3 is 0 Å². The van der Waals surface area contributed by atoms with Crippen LogP contribution in [-0.2, 0) is 16.6 Å². The van der Waals surface area contributed by atoms with Gasteiger partial charge in [0.2, 0.25) is 0 Å². The van der Waals surface area contributed by atoms with Crippen molar-refractivity contribution in [3.63, 3.8) is 0 Å². The molecular weight excluding hydrogens is 264 g/mol. The standard InChI is InChI=1S/C12H20N4O2S/c1-3-15-8-12(14-9(15)2)19(17,18)16-6-10-4-13-5-11(10)7-16/h8,10-11,13H,3-7H2,1-2H3/t10-,11+. The number of hydrogen-bond donors (Lipinski definition) is 1. The minimum Gasteiger partial charge on any atom is -0.334 e. The molecule has 2 fully saturated rings. The molecule has 0 aromatic carbocycles. The zero-order valence-corrected chi connectivity index (χ0v) is 12.2. The van der Waals surface area contributed by atoms with Gasteiger partial charge in [0, 0.05) is 25.8 Å². The number of hydrogen-bond acceptors (Lipinski definition) is 4. The van der Waals surface area contributed by atoms with Gasteiger partial charge in [0.1, 0.15) is 5.82 Å². The normalized spacial score (nSPS) is 27.9. The first-order chi connectivity index (χ1) is 9.02. The molecule has 3 heterocycles. The summed E-state index contributed by atoms with van der Waals surface area (Å²) in [6.07, 6.45) is 1.65. The summed E-state index contributed by atoms with van der Waals surface area (Å²) in [5.74, 6) is 1.68. The molecule has 0 amide bonds. The van der Waals surface area contributed by atoms with Crippen LogP contribution in [0.3, 0.4) is 0 Å². The fraction of sp³-hybridized carbons (Fsp3) is 0.750. The molecule has 106 valence electrons. The first kappa shape index (κ1) is 13.1. The van der Waals surface area contributed by atoms with Gasteiger partial charge in [0.15, 0.2) is 5.03 Å². The first-order valence-electron chi connectivity index (χ1n) is 6.77. The van der Waals surface area contributed by atoms with E-state index < -0.39 is 10.0 Å². The van der Waals surface area contributed by atoms with Crippen molar-refractivity contribution >= 4 is 10.0 Å². The monoisotopic (exact) mass is 284 g/mol. The summed E-state index contributed by atoms with van der Waals surface area (Å²) < 4.78 is 28.6. The van der Waals surface area contributed by atoms with Gasteiger partial charge in [0.05, 0.1) is 0 Å². The highest BCUT2D eigenvalue weighted by Gasteiger charge is 2.42. The highest BCUT2D eigenvalue weighted by Crippen LogP contribution is 2.30. The van der Waals surface area contributed by atoms with Crippen LogP contribution in [0.4, 0.5) is 0 Å². The summed E-state index contributed by atoms with van der Waals surface area (Å²) >= 11 is 0. The number of aryl methyl sites for hydroxylation is 2. The van der Waals surface area contributed by atoms with Gasteiger partial charge in [-0.25, -0.2) is 13.4 Å². The SMILES string of the molecule is CCn1cc(S(=O)(=O)N2C[C@H]3CNC[C@H]3C2)nc1C. The third-order valence-corrected chi connectivity index (χ3v) is 5.96. The Bertz CT molecular complexity index is 569. The van der Waals surface area contributed by atoms with Crippen LogP contribution in [0.15, 0.2) is 11.2 Å². The van der Waals surface area contributed by atoms with E-state index in [0.717, 1.165) is 25.5 Å². The Morgan fingerprint density at radius 1 is 1.37 bits per heavy atom. The number of imidazole rings is 1. The van der Waals surface area contributed by atoms with Gasteiger partial charge in [-0.3, -0.25) is 0 Å². The molecule has 1 N–H and O–H groups in total. The van der Waals surface area contributed by atoms with Gasteiger partial charge < -0.3 is 9.88 Å². The molecule has 2 aliphatic rings. The van der Waals surface area contributed by atoms with Gasteiger partial charge in [-0.2, -0.15) is 4.31 Å². The smallest absolute Gasteiger partial charge is 0.262 e. The zero-order chi connectivity index (χ0) is 13.6. The van der Waals surface area contributed by atoms with E-state index in [-0.39, 0.29) is 5.03 Å². The topological polar surface area (TPSA) is 67.2 Å². The lowest BCUT2D eigenvalue weighted by molar-refractivity contribution is 0.446. The van der Waals surface area contributed by atoms with Crippen LogP contribution in [-0.4, -0.2) is 48.5 Å². The molecular formula is C12H20N4O2S. The van der Waals surface area contributed by atoms with Crippen LogP contribution in [0.2, 0.25) is 0 Å². The molecule has 19 heavy (non-hydrogen) atoms. The summed E-state index contributed by atoms with van der Waals surface area (Å²) in [6.45, 7) is 7.67. The molecule has 2 aliphatic heterocycles. The Morgan fingerprint density at radius 3 is 2.53 bits per heavy atom. The Kier molecular flexibility index (Phi) is 3.15. The number of aromatic nitrogens is 2. The van der Waals surface area contributed by atoms with Crippen molar-refractivity contribution in [2.24, 2.45) is 11.8 Å². The second kappa shape index (κ2) is 4.57. The predicted octanol–water partition coefficient (Wildman–Crippen LogP) is 0.0513. The molecule has 1 aromatic heterocycles. The van der Waals surface area contributed by atoms with Crippen molar-refractivity contribution in [3.05, 3.63) is 12.0 Å². The number of sulfonamides is 1. The lowest BCUT2D eigenvalue weighted by Gasteiger charge is -2.15. The third-order valence-electron chi connectivity index (χ3n) is 4.25. The van der Waals surface area contributed by atoms with Crippen LogP contribution in [0.1, 0.15) is 12.7 Å². The summed E-state index contributed by atoms with van der Waals surface area (Å²) in [5.41, 5.74) is 0. The molecule has 1 aromatic rings. The maximum absolute atomic E-state index is 12.6. The molecule has 0 saturated carbocycles. The first-order valence-corrected chi connectivity index (χ1v) is 8.21. The van der Waals surface area contributed by atoms with E-state index in [9.17, 15) is 8.42 Å². The quantitative estimate of drug-likeness (QED) is 0.852. The van der Waals surface area contributed by atoms with E-state index in [1.165, 1.54) is 0 Å². The molecule has 7 heteroatoms.